The van der Waals surface area contributed by atoms with Gasteiger partial charge in [-0.05, 0) is 55.6 Å². The Balaban J connectivity index is 1.98. The summed E-state index contributed by atoms with van der Waals surface area (Å²) in [5, 5.41) is 0. The van der Waals surface area contributed by atoms with E-state index in [1.165, 1.54) is 80.9 Å². The lowest BCUT2D eigenvalue weighted by Crippen LogP contribution is -2.13. The molecule has 21 heavy (non-hydrogen) atoms. The van der Waals surface area contributed by atoms with E-state index in [4.69, 9.17) is 0 Å². The molecular formula is C20H28O. The van der Waals surface area contributed by atoms with Gasteiger partial charge in [-0.3, -0.25) is 4.79 Å². The highest BCUT2D eigenvalue weighted by molar-refractivity contribution is 5.81. The minimum Gasteiger partial charge on any atom is -0.298 e. The molecule has 3 rings (SSSR count). The highest BCUT2D eigenvalue weighted by atomic mass is 16.1. The van der Waals surface area contributed by atoms with Gasteiger partial charge >= 0.3 is 0 Å². The smallest absolute Gasteiger partial charge is 0.150 e. The number of carbonyl (C=O) groups is 1. The lowest BCUT2D eigenvalue weighted by atomic mass is 9.76. The minimum atomic E-state index is 0.626. The van der Waals surface area contributed by atoms with Gasteiger partial charge in [-0.15, -0.1) is 0 Å². The number of aldehydes is 1. The van der Waals surface area contributed by atoms with Crippen molar-refractivity contribution in [1.82, 2.24) is 0 Å². The number of carbonyl (C=O) groups excluding carboxylic acids is 1. The van der Waals surface area contributed by atoms with Crippen LogP contribution in [0.2, 0.25) is 0 Å². The van der Waals surface area contributed by atoms with Gasteiger partial charge in [0.05, 0.1) is 0 Å². The molecule has 1 aromatic rings. The number of benzene rings is 1. The highest BCUT2D eigenvalue weighted by Crippen LogP contribution is 2.40. The largest absolute Gasteiger partial charge is 0.298 e. The average Bonchev–Trinajstić information content (AvgIpc) is 2.55. The molecule has 0 atom stereocenters. The molecule has 0 spiro atoms. The van der Waals surface area contributed by atoms with Crippen molar-refractivity contribution in [3.8, 4) is 0 Å². The summed E-state index contributed by atoms with van der Waals surface area (Å²) in [6, 6.07) is 4.60. The molecule has 0 radical (unpaired) electrons. The number of rotatable bonds is 3. The maximum Gasteiger partial charge on any atom is 0.150 e. The van der Waals surface area contributed by atoms with Crippen LogP contribution in [0.1, 0.15) is 103 Å². The zero-order valence-corrected chi connectivity index (χ0v) is 13.4. The van der Waals surface area contributed by atoms with Crippen LogP contribution in [0.15, 0.2) is 12.1 Å². The van der Waals surface area contributed by atoms with Crippen LogP contribution < -0.4 is 0 Å². The van der Waals surface area contributed by atoms with E-state index in [1.54, 1.807) is 0 Å². The molecule has 2 aliphatic carbocycles. The third-order valence-electron chi connectivity index (χ3n) is 5.60. The van der Waals surface area contributed by atoms with E-state index >= 15 is 0 Å². The van der Waals surface area contributed by atoms with Gasteiger partial charge in [0.25, 0.3) is 0 Å². The fourth-order valence-electron chi connectivity index (χ4n) is 4.49. The summed E-state index contributed by atoms with van der Waals surface area (Å²) in [6.07, 6.45) is 14.3. The maximum atomic E-state index is 11.8. The highest BCUT2D eigenvalue weighted by Gasteiger charge is 2.24. The summed E-state index contributed by atoms with van der Waals surface area (Å²) in [5.74, 6) is 1.25. The van der Waals surface area contributed by atoms with Crippen LogP contribution >= 0.6 is 0 Å². The minimum absolute atomic E-state index is 0.626. The quantitative estimate of drug-likeness (QED) is 0.631. The van der Waals surface area contributed by atoms with Crippen molar-refractivity contribution in [2.24, 2.45) is 0 Å². The first-order valence-electron chi connectivity index (χ1n) is 8.89. The summed E-state index contributed by atoms with van der Waals surface area (Å²) in [7, 11) is 0. The molecule has 0 N–H and O–H groups in total. The van der Waals surface area contributed by atoms with Gasteiger partial charge < -0.3 is 0 Å². The Hall–Kier alpha value is -1.11. The van der Waals surface area contributed by atoms with Crippen molar-refractivity contribution in [3.63, 3.8) is 0 Å². The van der Waals surface area contributed by atoms with Gasteiger partial charge in [-0.25, -0.2) is 0 Å². The SMILES string of the molecule is Cc1cc(C2CCCCC2)c(C=O)c(C2CCCCC2)c1. The first-order valence-corrected chi connectivity index (χ1v) is 8.89. The molecule has 0 aromatic heterocycles. The Bertz CT molecular complexity index is 452. The molecule has 1 aromatic carbocycles. The fraction of sp³-hybridized carbons (Fsp3) is 0.650. The van der Waals surface area contributed by atoms with Crippen LogP contribution in [0.3, 0.4) is 0 Å². The molecule has 0 heterocycles. The molecule has 114 valence electrons. The van der Waals surface area contributed by atoms with E-state index in [2.05, 4.69) is 19.1 Å². The van der Waals surface area contributed by atoms with Crippen molar-refractivity contribution in [1.29, 1.82) is 0 Å². The van der Waals surface area contributed by atoms with E-state index in [9.17, 15) is 4.79 Å². The van der Waals surface area contributed by atoms with E-state index < -0.39 is 0 Å². The normalized spacial score (nSPS) is 21.4. The molecule has 0 aliphatic heterocycles. The first kappa shape index (κ1) is 14.8. The fourth-order valence-corrected chi connectivity index (χ4v) is 4.49. The van der Waals surface area contributed by atoms with Crippen LogP contribution in [-0.2, 0) is 0 Å². The maximum absolute atomic E-state index is 11.8. The molecule has 0 bridgehead atoms. The number of hydrogen-bond acceptors (Lipinski definition) is 1. The molecule has 2 aliphatic rings. The Kier molecular flexibility index (Phi) is 4.77. The van der Waals surface area contributed by atoms with Crippen LogP contribution in [0.4, 0.5) is 0 Å². The molecule has 2 saturated carbocycles. The third kappa shape index (κ3) is 3.22. The van der Waals surface area contributed by atoms with Crippen LogP contribution in [-0.4, -0.2) is 6.29 Å². The molecule has 1 nitrogen and oxygen atoms in total. The average molecular weight is 284 g/mol. The predicted molar refractivity (Wildman–Crippen MR) is 88.2 cm³/mol. The summed E-state index contributed by atoms with van der Waals surface area (Å²) in [6.45, 7) is 2.20. The van der Waals surface area contributed by atoms with Gasteiger partial charge in [0.2, 0.25) is 0 Å². The summed E-state index contributed by atoms with van der Waals surface area (Å²) >= 11 is 0. The third-order valence-corrected chi connectivity index (χ3v) is 5.60. The lowest BCUT2D eigenvalue weighted by Gasteiger charge is -2.28. The van der Waals surface area contributed by atoms with Crippen molar-refractivity contribution < 1.29 is 4.79 Å². The zero-order valence-electron chi connectivity index (χ0n) is 13.4. The zero-order chi connectivity index (χ0) is 14.7. The second-order valence-corrected chi connectivity index (χ2v) is 7.14. The topological polar surface area (TPSA) is 17.1 Å². The van der Waals surface area contributed by atoms with Crippen LogP contribution in [0.5, 0.6) is 0 Å². The second-order valence-electron chi connectivity index (χ2n) is 7.14. The van der Waals surface area contributed by atoms with E-state index in [1.807, 2.05) is 0 Å². The van der Waals surface area contributed by atoms with E-state index in [0.29, 0.717) is 11.8 Å². The van der Waals surface area contributed by atoms with Crippen molar-refractivity contribution in [2.45, 2.75) is 83.0 Å². The van der Waals surface area contributed by atoms with Crippen LogP contribution in [0, 0.1) is 6.92 Å². The number of aryl methyl sites for hydroxylation is 1. The summed E-state index contributed by atoms with van der Waals surface area (Å²) in [4.78, 5) is 11.8. The molecule has 1 heteroatoms. The molecule has 0 saturated heterocycles. The molecule has 2 fully saturated rings. The Labute approximate surface area is 129 Å². The second kappa shape index (κ2) is 6.77. The van der Waals surface area contributed by atoms with Crippen molar-refractivity contribution in [2.75, 3.05) is 0 Å². The Morgan fingerprint density at radius 2 is 1.24 bits per heavy atom. The summed E-state index contributed by atoms with van der Waals surface area (Å²) < 4.78 is 0. The van der Waals surface area contributed by atoms with E-state index in [0.717, 1.165) is 11.8 Å². The number of hydrogen-bond donors (Lipinski definition) is 0. The van der Waals surface area contributed by atoms with E-state index in [-0.39, 0.29) is 0 Å². The van der Waals surface area contributed by atoms with Crippen molar-refractivity contribution >= 4 is 6.29 Å². The van der Waals surface area contributed by atoms with Gasteiger partial charge in [-0.1, -0.05) is 56.2 Å². The monoisotopic (exact) mass is 284 g/mol. The Morgan fingerprint density at radius 3 is 1.62 bits per heavy atom. The van der Waals surface area contributed by atoms with Gasteiger partial charge in [0, 0.05) is 5.56 Å². The summed E-state index contributed by atoms with van der Waals surface area (Å²) in [5.41, 5.74) is 5.14. The van der Waals surface area contributed by atoms with Gasteiger partial charge in [-0.2, -0.15) is 0 Å². The van der Waals surface area contributed by atoms with Gasteiger partial charge in [0.1, 0.15) is 0 Å². The standard InChI is InChI=1S/C20H28O/c1-15-12-18(16-8-4-2-5-9-16)20(14-21)19(13-15)17-10-6-3-7-11-17/h12-14,16-17H,2-11H2,1H3. The lowest BCUT2D eigenvalue weighted by molar-refractivity contribution is 0.112. The Morgan fingerprint density at radius 1 is 0.810 bits per heavy atom. The molecule has 0 amide bonds. The first-order chi connectivity index (χ1) is 10.3. The molecule has 0 unspecified atom stereocenters. The van der Waals surface area contributed by atoms with Crippen molar-refractivity contribution in [3.05, 3.63) is 34.4 Å². The molecular weight excluding hydrogens is 256 g/mol. The van der Waals surface area contributed by atoms with Crippen LogP contribution in [0.25, 0.3) is 0 Å². The predicted octanol–water partition coefficient (Wildman–Crippen LogP) is 5.90. The van der Waals surface area contributed by atoms with Gasteiger partial charge in [0.15, 0.2) is 6.29 Å².